The summed E-state index contributed by atoms with van der Waals surface area (Å²) in [5.74, 6) is 0. The van der Waals surface area contributed by atoms with E-state index in [4.69, 9.17) is 4.74 Å². The first-order valence-corrected chi connectivity index (χ1v) is 4.83. The van der Waals surface area contributed by atoms with E-state index < -0.39 is 0 Å². The Kier molecular flexibility index (Phi) is 4.78. The molecule has 0 aliphatic carbocycles. The summed E-state index contributed by atoms with van der Waals surface area (Å²) in [7, 11) is 2.15. The number of nitrogens with zero attached hydrogens (tertiary/aromatic N) is 3. The van der Waals surface area contributed by atoms with Gasteiger partial charge in [-0.1, -0.05) is 0 Å². The molecule has 0 aromatic rings. The van der Waals surface area contributed by atoms with Crippen LogP contribution in [0.1, 0.15) is 6.92 Å². The van der Waals surface area contributed by atoms with E-state index in [1.54, 1.807) is 6.40 Å². The summed E-state index contributed by atoms with van der Waals surface area (Å²) in [6.45, 7) is 7.92. The van der Waals surface area contributed by atoms with Gasteiger partial charge in [0, 0.05) is 32.7 Å². The zero-order chi connectivity index (χ0) is 9.52. The molecule has 4 nitrogen and oxygen atoms in total. The molecule has 76 valence electrons. The molecule has 0 aromatic carbocycles. The van der Waals surface area contributed by atoms with Crippen molar-refractivity contribution in [3.63, 3.8) is 0 Å². The lowest BCUT2D eigenvalue weighted by atomic mass is 10.3. The number of likely N-dealkylation sites (N-methyl/N-ethyl adjacent to an activating group) is 1. The monoisotopic (exact) mass is 185 g/mol. The minimum atomic E-state index is 0.678. The van der Waals surface area contributed by atoms with Crippen molar-refractivity contribution in [2.45, 2.75) is 6.92 Å². The van der Waals surface area contributed by atoms with Gasteiger partial charge in [-0.05, 0) is 14.0 Å². The first kappa shape index (κ1) is 10.5. The van der Waals surface area contributed by atoms with Crippen molar-refractivity contribution in [2.75, 3.05) is 46.5 Å². The van der Waals surface area contributed by atoms with Crippen LogP contribution in [0.2, 0.25) is 0 Å². The minimum Gasteiger partial charge on any atom is -0.468 e. The zero-order valence-corrected chi connectivity index (χ0v) is 8.57. The molecule has 0 N–H and O–H groups in total. The number of rotatable bonds is 4. The first-order chi connectivity index (χ1) is 6.33. The molecule has 1 fully saturated rings. The molecule has 0 spiro atoms. The number of aliphatic imine (C=N–C) groups is 1. The summed E-state index contributed by atoms with van der Waals surface area (Å²) in [5, 5.41) is 0. The predicted octanol–water partition coefficient (Wildman–Crippen LogP) is 0.256. The molecule has 0 atom stereocenters. The van der Waals surface area contributed by atoms with Crippen LogP contribution in [0.3, 0.4) is 0 Å². The van der Waals surface area contributed by atoms with Gasteiger partial charge in [0.15, 0.2) is 6.40 Å². The second-order valence-electron chi connectivity index (χ2n) is 3.32. The summed E-state index contributed by atoms with van der Waals surface area (Å²) in [6.07, 6.45) is 1.55. The Hall–Kier alpha value is -0.610. The highest BCUT2D eigenvalue weighted by atomic mass is 16.5. The maximum absolute atomic E-state index is 5.26. The largest absolute Gasteiger partial charge is 0.468 e. The Balaban J connectivity index is 2.05. The smallest absolute Gasteiger partial charge is 0.171 e. The molecule has 1 heterocycles. The summed E-state index contributed by atoms with van der Waals surface area (Å²) in [4.78, 5) is 8.61. The van der Waals surface area contributed by atoms with Crippen LogP contribution < -0.4 is 0 Å². The van der Waals surface area contributed by atoms with Crippen molar-refractivity contribution >= 4 is 6.40 Å². The van der Waals surface area contributed by atoms with E-state index in [1.807, 2.05) is 6.92 Å². The minimum absolute atomic E-state index is 0.678. The van der Waals surface area contributed by atoms with Crippen LogP contribution in [0.4, 0.5) is 0 Å². The standard InChI is InChI=1S/C9H19N3O/c1-3-10-8-13-9-12-6-4-11(2)5-7-12/h8H,3-7,9H2,1-2H3. The molecule has 1 saturated heterocycles. The van der Waals surface area contributed by atoms with E-state index in [1.165, 1.54) is 0 Å². The van der Waals surface area contributed by atoms with Gasteiger partial charge in [-0.2, -0.15) is 0 Å². The van der Waals surface area contributed by atoms with E-state index in [9.17, 15) is 0 Å². The molecule has 0 radical (unpaired) electrons. The van der Waals surface area contributed by atoms with Crippen LogP contribution in [0.5, 0.6) is 0 Å². The fourth-order valence-corrected chi connectivity index (χ4v) is 1.24. The molecule has 1 aliphatic heterocycles. The van der Waals surface area contributed by atoms with E-state index >= 15 is 0 Å². The maximum Gasteiger partial charge on any atom is 0.171 e. The molecular weight excluding hydrogens is 166 g/mol. The van der Waals surface area contributed by atoms with E-state index in [0.717, 1.165) is 32.7 Å². The van der Waals surface area contributed by atoms with Gasteiger partial charge >= 0.3 is 0 Å². The van der Waals surface area contributed by atoms with Crippen molar-refractivity contribution in [1.82, 2.24) is 9.80 Å². The SMILES string of the molecule is CCN=COCN1CCN(C)CC1. The predicted molar refractivity (Wildman–Crippen MR) is 54.1 cm³/mol. The Labute approximate surface area is 80.2 Å². The normalized spacial score (nSPS) is 21.1. The highest BCUT2D eigenvalue weighted by molar-refractivity contribution is 5.45. The van der Waals surface area contributed by atoms with Crippen LogP contribution in [0, 0.1) is 0 Å². The molecule has 0 bridgehead atoms. The molecule has 13 heavy (non-hydrogen) atoms. The molecule has 1 aliphatic rings. The van der Waals surface area contributed by atoms with Crippen molar-refractivity contribution in [3.8, 4) is 0 Å². The number of hydrogen-bond donors (Lipinski definition) is 0. The topological polar surface area (TPSA) is 28.1 Å². The summed E-state index contributed by atoms with van der Waals surface area (Å²) in [6, 6.07) is 0. The number of piperazine rings is 1. The second kappa shape index (κ2) is 5.94. The summed E-state index contributed by atoms with van der Waals surface area (Å²) < 4.78 is 5.26. The van der Waals surface area contributed by atoms with Crippen molar-refractivity contribution in [1.29, 1.82) is 0 Å². The molecule has 4 heteroatoms. The van der Waals surface area contributed by atoms with E-state index in [-0.39, 0.29) is 0 Å². The third kappa shape index (κ3) is 4.24. The van der Waals surface area contributed by atoms with Gasteiger partial charge in [0.1, 0.15) is 6.73 Å². The average Bonchev–Trinajstić information content (AvgIpc) is 2.15. The third-order valence-electron chi connectivity index (χ3n) is 2.18. The van der Waals surface area contributed by atoms with Crippen molar-refractivity contribution < 1.29 is 4.74 Å². The van der Waals surface area contributed by atoms with Crippen LogP contribution >= 0.6 is 0 Å². The molecule has 0 saturated carbocycles. The molecule has 0 amide bonds. The van der Waals surface area contributed by atoms with Gasteiger partial charge in [-0.3, -0.25) is 9.89 Å². The maximum atomic E-state index is 5.26. The third-order valence-corrected chi connectivity index (χ3v) is 2.18. The second-order valence-corrected chi connectivity index (χ2v) is 3.32. The fourth-order valence-electron chi connectivity index (χ4n) is 1.24. The Morgan fingerprint density at radius 1 is 1.31 bits per heavy atom. The van der Waals surface area contributed by atoms with E-state index in [0.29, 0.717) is 6.73 Å². The van der Waals surface area contributed by atoms with Crippen LogP contribution in [0.25, 0.3) is 0 Å². The van der Waals surface area contributed by atoms with Gasteiger partial charge in [-0.25, -0.2) is 0 Å². The first-order valence-electron chi connectivity index (χ1n) is 4.83. The molecule has 0 aromatic heterocycles. The van der Waals surface area contributed by atoms with Crippen LogP contribution in [-0.2, 0) is 4.74 Å². The quantitative estimate of drug-likeness (QED) is 0.464. The number of hydrogen-bond acceptors (Lipinski definition) is 4. The zero-order valence-electron chi connectivity index (χ0n) is 8.57. The highest BCUT2D eigenvalue weighted by Gasteiger charge is 2.12. The van der Waals surface area contributed by atoms with E-state index in [2.05, 4.69) is 21.8 Å². The van der Waals surface area contributed by atoms with Gasteiger partial charge in [0.25, 0.3) is 0 Å². The highest BCUT2D eigenvalue weighted by Crippen LogP contribution is 1.97. The lowest BCUT2D eigenvalue weighted by Crippen LogP contribution is -2.45. The Morgan fingerprint density at radius 2 is 2.00 bits per heavy atom. The van der Waals surface area contributed by atoms with Gasteiger partial charge in [0.05, 0.1) is 0 Å². The molecule has 1 rings (SSSR count). The number of ether oxygens (including phenoxy) is 1. The fraction of sp³-hybridized carbons (Fsp3) is 0.889. The lowest BCUT2D eigenvalue weighted by Gasteiger charge is -2.31. The van der Waals surface area contributed by atoms with Gasteiger partial charge < -0.3 is 9.64 Å². The Bertz CT molecular complexity index is 153. The van der Waals surface area contributed by atoms with Gasteiger partial charge in [0.2, 0.25) is 0 Å². The van der Waals surface area contributed by atoms with Crippen LogP contribution in [-0.4, -0.2) is 62.7 Å². The van der Waals surface area contributed by atoms with Gasteiger partial charge in [-0.15, -0.1) is 0 Å². The Morgan fingerprint density at radius 3 is 2.62 bits per heavy atom. The van der Waals surface area contributed by atoms with Crippen LogP contribution in [0.15, 0.2) is 4.99 Å². The summed E-state index contributed by atoms with van der Waals surface area (Å²) in [5.41, 5.74) is 0. The molecular formula is C9H19N3O. The molecule has 0 unspecified atom stereocenters. The lowest BCUT2D eigenvalue weighted by molar-refractivity contribution is 0.0738. The van der Waals surface area contributed by atoms with Crippen molar-refractivity contribution in [3.05, 3.63) is 0 Å². The summed E-state index contributed by atoms with van der Waals surface area (Å²) >= 11 is 0. The average molecular weight is 185 g/mol. The van der Waals surface area contributed by atoms with Crippen molar-refractivity contribution in [2.24, 2.45) is 4.99 Å².